The Hall–Kier alpha value is -3.39. The third kappa shape index (κ3) is 4.06. The number of aromatic nitrogens is 3. The summed E-state index contributed by atoms with van der Waals surface area (Å²) in [6, 6.07) is 14.2. The minimum Gasteiger partial charge on any atom is -0.497 e. The van der Waals surface area contributed by atoms with Crippen LogP contribution < -0.4 is 9.64 Å². The first kappa shape index (κ1) is 21.5. The number of fused-ring (bicyclic) bond motifs is 1. The molecule has 8 nitrogen and oxygen atoms in total. The average molecular weight is 448 g/mol. The molecule has 2 aliphatic rings. The number of methoxy groups -OCH3 is 1. The number of carbonyl (C=O) groups excluding carboxylic acids is 1. The molecule has 1 fully saturated rings. The molecule has 0 saturated carbocycles. The quantitative estimate of drug-likeness (QED) is 0.612. The molecule has 3 heterocycles. The van der Waals surface area contributed by atoms with E-state index in [9.17, 15) is 4.79 Å². The molecule has 33 heavy (non-hydrogen) atoms. The summed E-state index contributed by atoms with van der Waals surface area (Å²) in [7, 11) is 1.65. The standard InChI is InChI=1S/C25H29N5O3/c1-17-5-4-6-21(18(17)2)28-11-13-29(14-12-28)25(31)24-22-16-33-23(15-30(22)27-26-24)19-7-9-20(32-3)10-8-19/h4-10,23H,11-16H2,1-3H3/t23-/m0/s1. The average Bonchev–Trinajstić information content (AvgIpc) is 3.29. The predicted octanol–water partition coefficient (Wildman–Crippen LogP) is 3.14. The zero-order valence-electron chi connectivity index (χ0n) is 19.3. The van der Waals surface area contributed by atoms with Crippen molar-refractivity contribution in [3.05, 3.63) is 70.5 Å². The SMILES string of the molecule is COc1ccc([C@@H]2Cn3nnc(C(=O)N4CCN(c5cccc(C)c5C)CC4)c3CO2)cc1. The van der Waals surface area contributed by atoms with Crippen LogP contribution in [0.4, 0.5) is 5.69 Å². The van der Waals surface area contributed by atoms with Crippen LogP contribution >= 0.6 is 0 Å². The van der Waals surface area contributed by atoms with Gasteiger partial charge in [0, 0.05) is 31.9 Å². The first-order chi connectivity index (χ1) is 16.0. The van der Waals surface area contributed by atoms with Crippen molar-refractivity contribution >= 4 is 11.6 Å². The van der Waals surface area contributed by atoms with Gasteiger partial charge in [-0.25, -0.2) is 4.68 Å². The number of ether oxygens (including phenoxy) is 2. The Morgan fingerprint density at radius 1 is 1.06 bits per heavy atom. The Kier molecular flexibility index (Phi) is 5.76. The molecule has 2 aromatic carbocycles. The third-order valence-corrected chi connectivity index (χ3v) is 6.77. The molecule has 0 radical (unpaired) electrons. The Morgan fingerprint density at radius 2 is 1.82 bits per heavy atom. The van der Waals surface area contributed by atoms with E-state index >= 15 is 0 Å². The van der Waals surface area contributed by atoms with Crippen molar-refractivity contribution in [3.63, 3.8) is 0 Å². The van der Waals surface area contributed by atoms with Crippen LogP contribution in [0, 0.1) is 13.8 Å². The summed E-state index contributed by atoms with van der Waals surface area (Å²) in [5.41, 5.74) is 6.04. The lowest BCUT2D eigenvalue weighted by molar-refractivity contribution is -0.00198. The van der Waals surface area contributed by atoms with Crippen molar-refractivity contribution in [2.24, 2.45) is 0 Å². The molecule has 0 bridgehead atoms. The van der Waals surface area contributed by atoms with Crippen molar-refractivity contribution < 1.29 is 14.3 Å². The highest BCUT2D eigenvalue weighted by Crippen LogP contribution is 2.29. The summed E-state index contributed by atoms with van der Waals surface area (Å²) in [5, 5.41) is 8.51. The molecule has 5 rings (SSSR count). The number of nitrogens with zero attached hydrogens (tertiary/aromatic N) is 5. The zero-order chi connectivity index (χ0) is 22.9. The summed E-state index contributed by atoms with van der Waals surface area (Å²) in [5.74, 6) is 0.741. The van der Waals surface area contributed by atoms with Crippen LogP contribution in [0.2, 0.25) is 0 Å². The minimum atomic E-state index is -0.130. The highest BCUT2D eigenvalue weighted by Gasteiger charge is 2.31. The topological polar surface area (TPSA) is 72.7 Å². The Bertz CT molecular complexity index is 1150. The summed E-state index contributed by atoms with van der Waals surface area (Å²) in [6.07, 6.45) is -0.130. The van der Waals surface area contributed by atoms with Gasteiger partial charge in [-0.15, -0.1) is 5.10 Å². The number of piperazine rings is 1. The van der Waals surface area contributed by atoms with Gasteiger partial charge in [0.2, 0.25) is 0 Å². The third-order valence-electron chi connectivity index (χ3n) is 6.77. The first-order valence-electron chi connectivity index (χ1n) is 11.3. The normalized spacial score (nSPS) is 18.2. The van der Waals surface area contributed by atoms with Gasteiger partial charge < -0.3 is 19.3 Å². The molecule has 0 unspecified atom stereocenters. The van der Waals surface area contributed by atoms with Gasteiger partial charge in [0.1, 0.15) is 11.9 Å². The molecule has 1 saturated heterocycles. The Balaban J connectivity index is 1.25. The number of amides is 1. The second-order valence-electron chi connectivity index (χ2n) is 8.64. The second kappa shape index (κ2) is 8.86. The van der Waals surface area contributed by atoms with Crippen LogP contribution in [0.15, 0.2) is 42.5 Å². The van der Waals surface area contributed by atoms with Gasteiger partial charge in [-0.3, -0.25) is 4.79 Å². The van der Waals surface area contributed by atoms with Crippen molar-refractivity contribution in [3.8, 4) is 5.75 Å². The van der Waals surface area contributed by atoms with Gasteiger partial charge in [0.05, 0.1) is 26.0 Å². The van der Waals surface area contributed by atoms with Crippen LogP contribution in [0.25, 0.3) is 0 Å². The summed E-state index contributed by atoms with van der Waals surface area (Å²) < 4.78 is 13.1. The maximum atomic E-state index is 13.2. The Morgan fingerprint density at radius 3 is 2.55 bits per heavy atom. The molecular weight excluding hydrogens is 418 g/mol. The van der Waals surface area contributed by atoms with Gasteiger partial charge in [0.15, 0.2) is 5.69 Å². The van der Waals surface area contributed by atoms with Crippen LogP contribution in [-0.4, -0.2) is 59.1 Å². The molecule has 3 aromatic rings. The van der Waals surface area contributed by atoms with E-state index in [2.05, 4.69) is 47.3 Å². The monoisotopic (exact) mass is 447 g/mol. The van der Waals surface area contributed by atoms with Crippen LogP contribution in [0.5, 0.6) is 5.75 Å². The maximum Gasteiger partial charge on any atom is 0.276 e. The first-order valence-corrected chi connectivity index (χ1v) is 11.3. The predicted molar refractivity (Wildman–Crippen MR) is 125 cm³/mol. The van der Waals surface area contributed by atoms with E-state index in [1.807, 2.05) is 29.2 Å². The van der Waals surface area contributed by atoms with Crippen molar-refractivity contribution in [1.29, 1.82) is 0 Å². The van der Waals surface area contributed by atoms with E-state index < -0.39 is 0 Å². The molecule has 1 aromatic heterocycles. The van der Waals surface area contributed by atoms with Crippen molar-refractivity contribution in [1.82, 2.24) is 19.9 Å². The maximum absolute atomic E-state index is 13.2. The number of carbonyl (C=O) groups is 1. The number of anilines is 1. The molecule has 0 aliphatic carbocycles. The summed E-state index contributed by atoms with van der Waals surface area (Å²) >= 11 is 0. The van der Waals surface area contributed by atoms with E-state index in [1.165, 1.54) is 16.8 Å². The number of aryl methyl sites for hydroxylation is 1. The number of benzene rings is 2. The van der Waals surface area contributed by atoms with E-state index in [4.69, 9.17) is 9.47 Å². The fourth-order valence-corrected chi connectivity index (χ4v) is 4.58. The van der Waals surface area contributed by atoms with Crippen LogP contribution in [0.1, 0.15) is 39.0 Å². The summed E-state index contributed by atoms with van der Waals surface area (Å²) in [4.78, 5) is 17.5. The zero-order valence-corrected chi connectivity index (χ0v) is 19.3. The minimum absolute atomic E-state index is 0.0663. The molecular formula is C25H29N5O3. The largest absolute Gasteiger partial charge is 0.497 e. The highest BCUT2D eigenvalue weighted by molar-refractivity contribution is 5.93. The molecule has 0 spiro atoms. The van der Waals surface area contributed by atoms with E-state index in [0.29, 0.717) is 31.9 Å². The van der Waals surface area contributed by atoms with Crippen molar-refractivity contribution in [2.75, 3.05) is 38.2 Å². The lowest BCUT2D eigenvalue weighted by Gasteiger charge is -2.37. The van der Waals surface area contributed by atoms with Gasteiger partial charge in [-0.1, -0.05) is 29.5 Å². The lowest BCUT2D eigenvalue weighted by atomic mass is 10.1. The smallest absolute Gasteiger partial charge is 0.276 e. The van der Waals surface area contributed by atoms with E-state index in [1.54, 1.807) is 11.8 Å². The van der Waals surface area contributed by atoms with Crippen molar-refractivity contribution in [2.45, 2.75) is 33.1 Å². The molecule has 0 N–H and O–H groups in total. The second-order valence-corrected chi connectivity index (χ2v) is 8.64. The molecule has 2 aliphatic heterocycles. The van der Waals surface area contributed by atoms with Gasteiger partial charge >= 0.3 is 0 Å². The molecule has 1 atom stereocenters. The van der Waals surface area contributed by atoms with Gasteiger partial charge in [-0.05, 0) is 48.7 Å². The highest BCUT2D eigenvalue weighted by atomic mass is 16.5. The fourth-order valence-electron chi connectivity index (χ4n) is 4.58. The lowest BCUT2D eigenvalue weighted by Crippen LogP contribution is -2.49. The molecule has 1 amide bonds. The van der Waals surface area contributed by atoms with Gasteiger partial charge in [-0.2, -0.15) is 0 Å². The summed E-state index contributed by atoms with van der Waals surface area (Å²) in [6.45, 7) is 8.06. The Labute approximate surface area is 193 Å². The number of hydrogen-bond donors (Lipinski definition) is 0. The van der Waals surface area contributed by atoms with Gasteiger partial charge in [0.25, 0.3) is 5.91 Å². The van der Waals surface area contributed by atoms with E-state index in [0.717, 1.165) is 30.1 Å². The molecule has 172 valence electrons. The molecule has 8 heteroatoms. The van der Waals surface area contributed by atoms with Crippen LogP contribution in [0.3, 0.4) is 0 Å². The van der Waals surface area contributed by atoms with Crippen LogP contribution in [-0.2, 0) is 17.9 Å². The number of rotatable bonds is 4. The fraction of sp³-hybridized carbons (Fsp3) is 0.400. The number of hydrogen-bond acceptors (Lipinski definition) is 6. The van der Waals surface area contributed by atoms with E-state index in [-0.39, 0.29) is 12.0 Å².